The number of carbonyl (C=O) groups excluding carboxylic acids is 2. The molecule has 0 spiro atoms. The number of carbonyl (C=O) groups is 2. The summed E-state index contributed by atoms with van der Waals surface area (Å²) in [6.45, 7) is 13.9. The standard InChI is InChI=1S/C24H38FNO5/c1-16(2)12-13-29-15-20(14-19-8-10-21(25)11-9-19)18(4)30-22(27)17(3)26-23(28)31-24(5,6)7/h8-11,16-18,20H,12-15H2,1-7H3,(H,26,28)/t17-,18-,20+/m0/s1. The zero-order valence-corrected chi connectivity index (χ0v) is 19.9. The summed E-state index contributed by atoms with van der Waals surface area (Å²) < 4.78 is 29.9. The highest BCUT2D eigenvalue weighted by molar-refractivity contribution is 5.81. The maximum Gasteiger partial charge on any atom is 0.408 e. The Hall–Kier alpha value is -2.15. The SMILES string of the molecule is CC(C)CCOC[C@@H](Cc1ccc(F)cc1)[C@H](C)OC(=O)[C@H](C)NC(=O)OC(C)(C)C. The molecule has 0 heterocycles. The molecule has 1 amide bonds. The lowest BCUT2D eigenvalue weighted by Gasteiger charge is -2.26. The fourth-order valence-electron chi connectivity index (χ4n) is 2.76. The van der Waals surface area contributed by atoms with Crippen LogP contribution in [0.5, 0.6) is 0 Å². The number of rotatable bonds is 11. The Kier molecular flexibility index (Phi) is 11.0. The molecule has 0 saturated carbocycles. The van der Waals surface area contributed by atoms with Crippen LogP contribution in [0.1, 0.15) is 60.5 Å². The number of hydrogen-bond acceptors (Lipinski definition) is 5. The van der Waals surface area contributed by atoms with Gasteiger partial charge in [0, 0.05) is 12.5 Å². The molecule has 31 heavy (non-hydrogen) atoms. The second kappa shape index (κ2) is 12.6. The molecule has 1 N–H and O–H groups in total. The minimum absolute atomic E-state index is 0.115. The summed E-state index contributed by atoms with van der Waals surface area (Å²) in [4.78, 5) is 24.4. The Morgan fingerprint density at radius 2 is 1.68 bits per heavy atom. The van der Waals surface area contributed by atoms with Crippen molar-refractivity contribution in [3.8, 4) is 0 Å². The third-order valence-electron chi connectivity index (χ3n) is 4.64. The topological polar surface area (TPSA) is 73.9 Å². The third-order valence-corrected chi connectivity index (χ3v) is 4.64. The average molecular weight is 440 g/mol. The minimum atomic E-state index is -0.856. The average Bonchev–Trinajstić information content (AvgIpc) is 2.63. The number of hydrogen-bond donors (Lipinski definition) is 1. The van der Waals surface area contributed by atoms with Gasteiger partial charge in [-0.25, -0.2) is 14.0 Å². The first-order valence-corrected chi connectivity index (χ1v) is 10.9. The fraction of sp³-hybridized carbons (Fsp3) is 0.667. The van der Waals surface area contributed by atoms with Crippen LogP contribution in [0.15, 0.2) is 24.3 Å². The van der Waals surface area contributed by atoms with E-state index in [1.165, 1.54) is 12.1 Å². The van der Waals surface area contributed by atoms with Crippen LogP contribution < -0.4 is 5.32 Å². The summed E-state index contributed by atoms with van der Waals surface area (Å²) in [6, 6.07) is 5.41. The predicted molar refractivity (Wildman–Crippen MR) is 118 cm³/mol. The third kappa shape index (κ3) is 11.7. The molecule has 0 unspecified atom stereocenters. The molecule has 0 aliphatic rings. The highest BCUT2D eigenvalue weighted by Crippen LogP contribution is 2.18. The molecular formula is C24H38FNO5. The molecule has 0 aromatic heterocycles. The van der Waals surface area contributed by atoms with Crippen LogP contribution in [0.3, 0.4) is 0 Å². The first-order chi connectivity index (χ1) is 14.4. The second-order valence-corrected chi connectivity index (χ2v) is 9.36. The van der Waals surface area contributed by atoms with Gasteiger partial charge in [0.05, 0.1) is 6.61 Å². The van der Waals surface area contributed by atoms with Gasteiger partial charge in [0.25, 0.3) is 0 Å². The Bertz CT molecular complexity index is 684. The summed E-state index contributed by atoms with van der Waals surface area (Å²) in [6.07, 6.45) is 0.377. The first kappa shape index (κ1) is 26.9. The second-order valence-electron chi connectivity index (χ2n) is 9.36. The molecule has 1 rings (SSSR count). The number of nitrogens with one attached hydrogen (secondary N) is 1. The number of esters is 1. The maximum atomic E-state index is 13.2. The van der Waals surface area contributed by atoms with Gasteiger partial charge in [0.1, 0.15) is 23.6 Å². The van der Waals surface area contributed by atoms with E-state index in [9.17, 15) is 14.0 Å². The summed E-state index contributed by atoms with van der Waals surface area (Å²) in [7, 11) is 0. The molecule has 6 nitrogen and oxygen atoms in total. The van der Waals surface area contributed by atoms with E-state index in [2.05, 4.69) is 19.2 Å². The van der Waals surface area contributed by atoms with Crippen molar-refractivity contribution in [2.45, 2.75) is 79.1 Å². The van der Waals surface area contributed by atoms with E-state index in [0.29, 0.717) is 25.6 Å². The highest BCUT2D eigenvalue weighted by Gasteiger charge is 2.27. The van der Waals surface area contributed by atoms with Gasteiger partial charge in [0.15, 0.2) is 0 Å². The van der Waals surface area contributed by atoms with E-state index < -0.39 is 29.8 Å². The van der Waals surface area contributed by atoms with Crippen LogP contribution in [-0.4, -0.2) is 43.0 Å². The molecule has 0 radical (unpaired) electrons. The Balaban J connectivity index is 2.70. The van der Waals surface area contributed by atoms with Gasteiger partial charge in [-0.15, -0.1) is 0 Å². The fourth-order valence-corrected chi connectivity index (χ4v) is 2.76. The van der Waals surface area contributed by atoms with Gasteiger partial charge in [0.2, 0.25) is 0 Å². The van der Waals surface area contributed by atoms with Crippen LogP contribution in [0.2, 0.25) is 0 Å². The van der Waals surface area contributed by atoms with Crippen LogP contribution in [0.25, 0.3) is 0 Å². The smallest absolute Gasteiger partial charge is 0.408 e. The molecule has 1 aromatic rings. The first-order valence-electron chi connectivity index (χ1n) is 10.9. The van der Waals surface area contributed by atoms with E-state index >= 15 is 0 Å². The van der Waals surface area contributed by atoms with Gasteiger partial charge in [-0.2, -0.15) is 0 Å². The number of benzene rings is 1. The van der Waals surface area contributed by atoms with Crippen molar-refractivity contribution in [3.63, 3.8) is 0 Å². The van der Waals surface area contributed by atoms with E-state index in [1.807, 2.05) is 0 Å². The lowest BCUT2D eigenvalue weighted by molar-refractivity contribution is -0.154. The Morgan fingerprint density at radius 1 is 1.06 bits per heavy atom. The van der Waals surface area contributed by atoms with Gasteiger partial charge in [-0.1, -0.05) is 26.0 Å². The summed E-state index contributed by atoms with van der Waals surface area (Å²) in [5, 5.41) is 2.49. The highest BCUT2D eigenvalue weighted by atomic mass is 19.1. The van der Waals surface area contributed by atoms with Gasteiger partial charge in [-0.05, 0) is 71.1 Å². The molecule has 3 atom stereocenters. The number of halogens is 1. The zero-order chi connectivity index (χ0) is 23.6. The van der Waals surface area contributed by atoms with Crippen molar-refractivity contribution in [2.75, 3.05) is 13.2 Å². The molecule has 0 aliphatic carbocycles. The number of amides is 1. The molecule has 0 bridgehead atoms. The summed E-state index contributed by atoms with van der Waals surface area (Å²) in [5.74, 6) is -0.430. The molecule has 176 valence electrons. The summed E-state index contributed by atoms with van der Waals surface area (Å²) >= 11 is 0. The van der Waals surface area contributed by atoms with Crippen molar-refractivity contribution in [3.05, 3.63) is 35.6 Å². The lowest BCUT2D eigenvalue weighted by Crippen LogP contribution is -2.44. The molecule has 1 aromatic carbocycles. The van der Waals surface area contributed by atoms with Crippen LogP contribution in [0.4, 0.5) is 9.18 Å². The molecular weight excluding hydrogens is 401 g/mol. The van der Waals surface area contributed by atoms with E-state index in [4.69, 9.17) is 14.2 Å². The maximum absolute atomic E-state index is 13.2. The van der Waals surface area contributed by atoms with Gasteiger partial charge in [-0.3, -0.25) is 0 Å². The normalized spacial score (nSPS) is 14.6. The van der Waals surface area contributed by atoms with E-state index in [0.717, 1.165) is 12.0 Å². The van der Waals surface area contributed by atoms with E-state index in [1.54, 1.807) is 46.8 Å². The molecule has 7 heteroatoms. The number of alkyl carbamates (subject to hydrolysis) is 1. The van der Waals surface area contributed by atoms with Crippen molar-refractivity contribution < 1.29 is 28.2 Å². The minimum Gasteiger partial charge on any atom is -0.461 e. The zero-order valence-electron chi connectivity index (χ0n) is 19.9. The Labute approximate surface area is 185 Å². The largest absolute Gasteiger partial charge is 0.461 e. The van der Waals surface area contributed by atoms with Crippen LogP contribution in [-0.2, 0) is 25.4 Å². The lowest BCUT2D eigenvalue weighted by atomic mass is 9.95. The van der Waals surface area contributed by atoms with Gasteiger partial charge < -0.3 is 19.5 Å². The predicted octanol–water partition coefficient (Wildman–Crippen LogP) is 4.89. The molecule has 0 fully saturated rings. The molecule has 0 aliphatic heterocycles. The van der Waals surface area contributed by atoms with Crippen LogP contribution >= 0.6 is 0 Å². The Morgan fingerprint density at radius 3 is 2.23 bits per heavy atom. The summed E-state index contributed by atoms with van der Waals surface area (Å²) in [5.41, 5.74) is 0.274. The van der Waals surface area contributed by atoms with Gasteiger partial charge >= 0.3 is 12.1 Å². The van der Waals surface area contributed by atoms with Crippen LogP contribution in [0, 0.1) is 17.7 Å². The monoisotopic (exact) mass is 439 g/mol. The van der Waals surface area contributed by atoms with Crippen molar-refractivity contribution in [2.24, 2.45) is 11.8 Å². The van der Waals surface area contributed by atoms with Crippen molar-refractivity contribution >= 4 is 12.1 Å². The van der Waals surface area contributed by atoms with Crippen molar-refractivity contribution in [1.82, 2.24) is 5.32 Å². The quantitative estimate of drug-likeness (QED) is 0.392. The van der Waals surface area contributed by atoms with Crippen molar-refractivity contribution in [1.29, 1.82) is 0 Å². The van der Waals surface area contributed by atoms with E-state index in [-0.39, 0.29) is 11.7 Å². The number of ether oxygens (including phenoxy) is 3. The molecule has 0 saturated heterocycles.